The molecule has 3 rings (SSSR count). The smallest absolute Gasteiger partial charge is 0.259 e. The molecule has 0 aliphatic carbocycles. The molecule has 0 radical (unpaired) electrons. The number of para-hydroxylation sites is 1. The van der Waals surface area contributed by atoms with E-state index in [0.717, 1.165) is 22.8 Å². The number of pyridine rings is 1. The Bertz CT molecular complexity index is 1030. The topological polar surface area (TPSA) is 51.5 Å². The van der Waals surface area contributed by atoms with Crippen molar-refractivity contribution >= 4 is 0 Å². The van der Waals surface area contributed by atoms with E-state index in [2.05, 4.69) is 0 Å². The predicted molar refractivity (Wildman–Crippen MR) is 93.3 cm³/mol. The minimum absolute atomic E-state index is 0.00682. The molecule has 1 heterocycles. The fourth-order valence-corrected chi connectivity index (χ4v) is 2.79. The van der Waals surface area contributed by atoms with Crippen molar-refractivity contribution in [3.63, 3.8) is 0 Å². The Labute approximate surface area is 153 Å². The molecule has 4 nitrogen and oxygen atoms in total. The summed E-state index contributed by atoms with van der Waals surface area (Å²) in [6.45, 7) is 1.16. The molecule has 2 aromatic carbocycles. The lowest BCUT2D eigenvalue weighted by Crippen LogP contribution is -2.22. The van der Waals surface area contributed by atoms with Gasteiger partial charge < -0.3 is 9.84 Å². The molecule has 140 valence electrons. The second-order valence-corrected chi connectivity index (χ2v) is 5.94. The number of aromatic nitrogens is 1. The molecule has 0 aliphatic rings. The van der Waals surface area contributed by atoms with Crippen LogP contribution in [0.1, 0.15) is 16.8 Å². The van der Waals surface area contributed by atoms with Gasteiger partial charge in [-0.25, -0.2) is 13.2 Å². The van der Waals surface area contributed by atoms with Gasteiger partial charge in [0, 0.05) is 17.8 Å². The number of ether oxygens (including phenoxy) is 1. The average Bonchev–Trinajstić information content (AvgIpc) is 2.62. The van der Waals surface area contributed by atoms with E-state index in [1.165, 1.54) is 37.3 Å². The number of aliphatic hydroxyl groups is 1. The summed E-state index contributed by atoms with van der Waals surface area (Å²) in [6.07, 6.45) is 0. The van der Waals surface area contributed by atoms with Gasteiger partial charge in [0.25, 0.3) is 5.56 Å². The van der Waals surface area contributed by atoms with Gasteiger partial charge in [0.05, 0.1) is 6.61 Å². The van der Waals surface area contributed by atoms with Crippen LogP contribution in [0.4, 0.5) is 13.2 Å². The highest BCUT2D eigenvalue weighted by atomic mass is 19.1. The SMILES string of the molecule is Cc1cc(OCc2ccc(F)cc2CO)cc(=O)n1-c1c(F)cccc1F. The lowest BCUT2D eigenvalue weighted by Gasteiger charge is -2.14. The lowest BCUT2D eigenvalue weighted by atomic mass is 10.1. The molecule has 0 saturated heterocycles. The van der Waals surface area contributed by atoms with E-state index in [0.29, 0.717) is 11.1 Å². The van der Waals surface area contributed by atoms with Gasteiger partial charge in [-0.1, -0.05) is 12.1 Å². The Kier molecular flexibility index (Phi) is 5.32. The lowest BCUT2D eigenvalue weighted by molar-refractivity contribution is 0.268. The summed E-state index contributed by atoms with van der Waals surface area (Å²) in [4.78, 5) is 12.4. The van der Waals surface area contributed by atoms with Crippen LogP contribution >= 0.6 is 0 Å². The first-order valence-corrected chi connectivity index (χ1v) is 8.09. The van der Waals surface area contributed by atoms with Gasteiger partial charge >= 0.3 is 0 Å². The zero-order chi connectivity index (χ0) is 19.6. The van der Waals surface area contributed by atoms with E-state index in [-0.39, 0.29) is 24.7 Å². The van der Waals surface area contributed by atoms with Gasteiger partial charge in [-0.2, -0.15) is 0 Å². The number of aryl methyl sites for hydroxylation is 1. The van der Waals surface area contributed by atoms with E-state index in [4.69, 9.17) is 4.74 Å². The first kappa shape index (κ1) is 18.7. The predicted octanol–water partition coefficient (Wildman–Crippen LogP) is 3.63. The van der Waals surface area contributed by atoms with Crippen molar-refractivity contribution in [2.75, 3.05) is 0 Å². The molecular weight excluding hydrogens is 359 g/mol. The Morgan fingerprint density at radius 1 is 1.00 bits per heavy atom. The van der Waals surface area contributed by atoms with Crippen LogP contribution < -0.4 is 10.3 Å². The Hall–Kier alpha value is -3.06. The van der Waals surface area contributed by atoms with Crippen molar-refractivity contribution < 1.29 is 23.0 Å². The maximum absolute atomic E-state index is 14.0. The van der Waals surface area contributed by atoms with Gasteiger partial charge in [-0.3, -0.25) is 9.36 Å². The van der Waals surface area contributed by atoms with E-state index < -0.39 is 28.7 Å². The van der Waals surface area contributed by atoms with Crippen LogP contribution in [-0.4, -0.2) is 9.67 Å². The van der Waals surface area contributed by atoms with Gasteiger partial charge in [0.15, 0.2) is 0 Å². The molecule has 0 bridgehead atoms. The third-order valence-corrected chi connectivity index (χ3v) is 4.08. The second kappa shape index (κ2) is 7.67. The van der Waals surface area contributed by atoms with Gasteiger partial charge in [0.2, 0.25) is 0 Å². The molecule has 1 aromatic heterocycles. The number of benzene rings is 2. The third-order valence-electron chi connectivity index (χ3n) is 4.08. The number of rotatable bonds is 5. The monoisotopic (exact) mass is 375 g/mol. The van der Waals surface area contributed by atoms with E-state index in [9.17, 15) is 23.1 Å². The standard InChI is InChI=1S/C20H16F3NO3/c1-12-7-16(27-11-13-5-6-15(21)8-14(13)10-25)9-19(26)24(12)20-17(22)3-2-4-18(20)23/h2-9,25H,10-11H2,1H3. The molecule has 7 heteroatoms. The molecule has 0 fully saturated rings. The normalized spacial score (nSPS) is 10.9. The molecule has 1 N–H and O–H groups in total. The zero-order valence-corrected chi connectivity index (χ0v) is 14.4. The molecule has 0 spiro atoms. The Morgan fingerprint density at radius 3 is 2.33 bits per heavy atom. The molecule has 0 atom stereocenters. The van der Waals surface area contributed by atoms with Crippen molar-refractivity contribution in [1.29, 1.82) is 0 Å². The summed E-state index contributed by atoms with van der Waals surface area (Å²) in [7, 11) is 0. The first-order valence-electron chi connectivity index (χ1n) is 8.09. The van der Waals surface area contributed by atoms with Crippen molar-refractivity contribution in [2.24, 2.45) is 0 Å². The molecule has 3 aromatic rings. The Morgan fingerprint density at radius 2 is 1.70 bits per heavy atom. The molecule has 0 amide bonds. The highest BCUT2D eigenvalue weighted by Gasteiger charge is 2.15. The minimum atomic E-state index is -0.854. The molecule has 0 aliphatic heterocycles. The van der Waals surface area contributed by atoms with Crippen molar-refractivity contribution in [3.05, 3.63) is 93.2 Å². The minimum Gasteiger partial charge on any atom is -0.489 e. The highest BCUT2D eigenvalue weighted by molar-refractivity contribution is 5.39. The van der Waals surface area contributed by atoms with Crippen LogP contribution in [0.2, 0.25) is 0 Å². The maximum atomic E-state index is 14.0. The molecule has 0 unspecified atom stereocenters. The summed E-state index contributed by atoms with van der Waals surface area (Å²) < 4.78 is 47.7. The van der Waals surface area contributed by atoms with Crippen LogP contribution in [0.5, 0.6) is 5.75 Å². The van der Waals surface area contributed by atoms with Gasteiger partial charge in [-0.05, 0) is 42.3 Å². The largest absolute Gasteiger partial charge is 0.489 e. The number of nitrogens with zero attached hydrogens (tertiary/aromatic N) is 1. The summed E-state index contributed by atoms with van der Waals surface area (Å²) in [5.74, 6) is -1.99. The fourth-order valence-electron chi connectivity index (χ4n) is 2.79. The van der Waals surface area contributed by atoms with Crippen LogP contribution in [0.25, 0.3) is 5.69 Å². The van der Waals surface area contributed by atoms with Crippen LogP contribution in [0.3, 0.4) is 0 Å². The van der Waals surface area contributed by atoms with Crippen LogP contribution in [0.15, 0.2) is 53.3 Å². The van der Waals surface area contributed by atoms with E-state index >= 15 is 0 Å². The fraction of sp³-hybridized carbons (Fsp3) is 0.150. The second-order valence-electron chi connectivity index (χ2n) is 5.94. The van der Waals surface area contributed by atoms with Crippen LogP contribution in [-0.2, 0) is 13.2 Å². The summed E-state index contributed by atoms with van der Waals surface area (Å²) in [5, 5.41) is 9.30. The van der Waals surface area contributed by atoms with Gasteiger partial charge in [-0.15, -0.1) is 0 Å². The number of halogens is 3. The molecular formula is C20H16F3NO3. The van der Waals surface area contributed by atoms with Crippen molar-refractivity contribution in [3.8, 4) is 11.4 Å². The number of aliphatic hydroxyl groups excluding tert-OH is 1. The summed E-state index contributed by atoms with van der Waals surface area (Å²) in [6, 6.07) is 9.85. The Balaban J connectivity index is 1.91. The van der Waals surface area contributed by atoms with E-state index in [1.807, 2.05) is 0 Å². The number of hydrogen-bond donors (Lipinski definition) is 1. The van der Waals surface area contributed by atoms with Crippen molar-refractivity contribution in [2.45, 2.75) is 20.1 Å². The molecule has 27 heavy (non-hydrogen) atoms. The summed E-state index contributed by atoms with van der Waals surface area (Å²) >= 11 is 0. The summed E-state index contributed by atoms with van der Waals surface area (Å²) in [5.41, 5.74) is 0.0977. The zero-order valence-electron chi connectivity index (χ0n) is 14.4. The van der Waals surface area contributed by atoms with E-state index in [1.54, 1.807) is 0 Å². The quantitative estimate of drug-likeness (QED) is 0.741. The molecule has 0 saturated carbocycles. The van der Waals surface area contributed by atoms with Crippen LogP contribution in [0, 0.1) is 24.4 Å². The first-order chi connectivity index (χ1) is 12.9. The van der Waals surface area contributed by atoms with Crippen molar-refractivity contribution in [1.82, 2.24) is 4.57 Å². The maximum Gasteiger partial charge on any atom is 0.259 e. The van der Waals surface area contributed by atoms with Gasteiger partial charge in [0.1, 0.15) is 35.5 Å². The highest BCUT2D eigenvalue weighted by Crippen LogP contribution is 2.21. The average molecular weight is 375 g/mol. The third kappa shape index (κ3) is 3.88. The number of hydrogen-bond acceptors (Lipinski definition) is 3.